The summed E-state index contributed by atoms with van der Waals surface area (Å²) in [7, 11) is 0. The van der Waals surface area contributed by atoms with Gasteiger partial charge in [-0.15, -0.1) is 0 Å². The monoisotopic (exact) mass is 375 g/mol. The Morgan fingerprint density at radius 3 is 2.67 bits per heavy atom. The van der Waals surface area contributed by atoms with E-state index < -0.39 is 0 Å². The molecule has 6 heteroatoms. The molecule has 6 nitrogen and oxygen atoms in total. The molecule has 2 fully saturated rings. The van der Waals surface area contributed by atoms with Crippen molar-refractivity contribution < 1.29 is 14.3 Å². The second-order valence-corrected chi connectivity index (χ2v) is 7.62. The molecule has 0 saturated carbocycles. The predicted molar refractivity (Wildman–Crippen MR) is 106 cm³/mol. The third kappa shape index (κ3) is 6.48. The molecule has 1 aromatic rings. The highest BCUT2D eigenvalue weighted by atomic mass is 16.5. The third-order valence-corrected chi connectivity index (χ3v) is 5.58. The number of aryl methyl sites for hydroxylation is 1. The van der Waals surface area contributed by atoms with Crippen LogP contribution in [0.25, 0.3) is 0 Å². The molecule has 0 bridgehead atoms. The molecule has 150 valence electrons. The molecular formula is C21H33N3O3. The van der Waals surface area contributed by atoms with E-state index >= 15 is 0 Å². The number of carbonyl (C=O) groups excluding carboxylic acids is 1. The highest BCUT2D eigenvalue weighted by molar-refractivity contribution is 5.74. The fourth-order valence-corrected chi connectivity index (χ4v) is 3.93. The van der Waals surface area contributed by atoms with Gasteiger partial charge in [0.15, 0.2) is 0 Å². The van der Waals surface area contributed by atoms with Gasteiger partial charge < -0.3 is 20.1 Å². The fourth-order valence-electron chi connectivity index (χ4n) is 3.93. The number of amides is 2. The molecule has 0 spiro atoms. The summed E-state index contributed by atoms with van der Waals surface area (Å²) in [5.74, 6) is 0.485. The molecule has 2 N–H and O–H groups in total. The molecule has 2 aliphatic heterocycles. The molecule has 3 rings (SSSR count). The first-order chi connectivity index (χ1) is 13.2. The quantitative estimate of drug-likeness (QED) is 0.730. The van der Waals surface area contributed by atoms with Gasteiger partial charge in [0, 0.05) is 44.2 Å². The van der Waals surface area contributed by atoms with Gasteiger partial charge in [0.05, 0.1) is 19.8 Å². The predicted octanol–water partition coefficient (Wildman–Crippen LogP) is 2.04. The maximum absolute atomic E-state index is 12.4. The summed E-state index contributed by atoms with van der Waals surface area (Å²) in [5.41, 5.74) is 1.31. The van der Waals surface area contributed by atoms with Crippen molar-refractivity contribution in [2.24, 2.45) is 5.92 Å². The van der Waals surface area contributed by atoms with Gasteiger partial charge in [0.25, 0.3) is 0 Å². The normalized spacial score (nSPS) is 22.9. The number of ether oxygens (including phenoxy) is 2. The van der Waals surface area contributed by atoms with Gasteiger partial charge in [-0.25, -0.2) is 4.79 Å². The molecule has 27 heavy (non-hydrogen) atoms. The van der Waals surface area contributed by atoms with Crippen LogP contribution in [0, 0.1) is 5.92 Å². The van der Waals surface area contributed by atoms with E-state index in [9.17, 15) is 4.79 Å². The number of morpholine rings is 1. The van der Waals surface area contributed by atoms with E-state index in [-0.39, 0.29) is 12.1 Å². The Kier molecular flexibility index (Phi) is 7.93. The van der Waals surface area contributed by atoms with Gasteiger partial charge in [-0.1, -0.05) is 30.3 Å². The summed E-state index contributed by atoms with van der Waals surface area (Å²) in [4.78, 5) is 14.8. The van der Waals surface area contributed by atoms with Crippen LogP contribution in [0.2, 0.25) is 0 Å². The smallest absolute Gasteiger partial charge is 0.315 e. The second kappa shape index (κ2) is 10.6. The van der Waals surface area contributed by atoms with Crippen LogP contribution in [0.1, 0.15) is 25.3 Å². The Labute approximate surface area is 162 Å². The van der Waals surface area contributed by atoms with E-state index in [1.165, 1.54) is 5.56 Å². The minimum absolute atomic E-state index is 0.0762. The molecule has 2 saturated heterocycles. The van der Waals surface area contributed by atoms with Crippen molar-refractivity contribution in [3.63, 3.8) is 0 Å². The van der Waals surface area contributed by atoms with Crippen molar-refractivity contribution in [2.75, 3.05) is 46.1 Å². The number of hydrogen-bond donors (Lipinski definition) is 2. The Bertz CT molecular complexity index is 557. The lowest BCUT2D eigenvalue weighted by Crippen LogP contribution is -2.54. The largest absolute Gasteiger partial charge is 0.381 e. The van der Waals surface area contributed by atoms with E-state index in [1.807, 2.05) is 6.07 Å². The fraction of sp³-hybridized carbons (Fsp3) is 0.667. The van der Waals surface area contributed by atoms with E-state index in [2.05, 4.69) is 46.7 Å². The van der Waals surface area contributed by atoms with Crippen molar-refractivity contribution in [3.8, 4) is 0 Å². The van der Waals surface area contributed by atoms with Crippen LogP contribution in [0.4, 0.5) is 4.79 Å². The number of urea groups is 1. The zero-order valence-corrected chi connectivity index (χ0v) is 16.4. The Morgan fingerprint density at radius 2 is 1.96 bits per heavy atom. The van der Waals surface area contributed by atoms with Gasteiger partial charge in [0.1, 0.15) is 0 Å². The van der Waals surface area contributed by atoms with E-state index in [4.69, 9.17) is 9.47 Å². The lowest BCUT2D eigenvalue weighted by molar-refractivity contribution is 0.00211. The van der Waals surface area contributed by atoms with E-state index in [0.717, 1.165) is 58.8 Å². The highest BCUT2D eigenvalue weighted by Gasteiger charge is 2.31. The van der Waals surface area contributed by atoms with Gasteiger partial charge >= 0.3 is 6.03 Å². The lowest BCUT2D eigenvalue weighted by atomic mass is 9.97. The molecular weight excluding hydrogens is 342 g/mol. The first-order valence-electron chi connectivity index (χ1n) is 10.2. The number of carbonyl (C=O) groups is 1. The average molecular weight is 376 g/mol. The minimum atomic E-state index is -0.0762. The summed E-state index contributed by atoms with van der Waals surface area (Å²) in [6.07, 6.45) is 2.97. The Balaban J connectivity index is 1.42. The summed E-state index contributed by atoms with van der Waals surface area (Å²) in [6.45, 7) is 7.74. The standard InChI is InChI=1S/C21H33N3O3/c1-17(7-8-18-5-3-2-4-6-18)23-21(25)22-15-20(19-9-12-27-16-19)24-10-13-26-14-11-24/h2-6,17,19-20H,7-16H2,1H3,(H2,22,23,25). The molecule has 3 atom stereocenters. The molecule has 2 aliphatic rings. The maximum Gasteiger partial charge on any atom is 0.315 e. The topological polar surface area (TPSA) is 62.8 Å². The van der Waals surface area contributed by atoms with Crippen molar-refractivity contribution in [2.45, 2.75) is 38.3 Å². The summed E-state index contributed by atoms with van der Waals surface area (Å²) >= 11 is 0. The zero-order valence-electron chi connectivity index (χ0n) is 16.4. The number of hydrogen-bond acceptors (Lipinski definition) is 4. The average Bonchev–Trinajstić information content (AvgIpc) is 3.23. The van der Waals surface area contributed by atoms with Crippen LogP contribution < -0.4 is 10.6 Å². The van der Waals surface area contributed by atoms with Gasteiger partial charge in [-0.3, -0.25) is 4.90 Å². The number of nitrogens with one attached hydrogen (secondary N) is 2. The van der Waals surface area contributed by atoms with Crippen LogP contribution in [-0.2, 0) is 15.9 Å². The number of benzene rings is 1. The van der Waals surface area contributed by atoms with Crippen LogP contribution >= 0.6 is 0 Å². The third-order valence-electron chi connectivity index (χ3n) is 5.58. The number of rotatable bonds is 8. The highest BCUT2D eigenvalue weighted by Crippen LogP contribution is 2.21. The van der Waals surface area contributed by atoms with Crippen molar-refractivity contribution in [3.05, 3.63) is 35.9 Å². The molecule has 2 heterocycles. The van der Waals surface area contributed by atoms with Crippen LogP contribution in [0.3, 0.4) is 0 Å². The Morgan fingerprint density at radius 1 is 1.19 bits per heavy atom. The van der Waals surface area contributed by atoms with Crippen LogP contribution in [0.15, 0.2) is 30.3 Å². The van der Waals surface area contributed by atoms with Crippen LogP contribution in [-0.4, -0.2) is 69.1 Å². The van der Waals surface area contributed by atoms with E-state index in [0.29, 0.717) is 18.5 Å². The summed E-state index contributed by atoms with van der Waals surface area (Å²) in [6, 6.07) is 10.8. The zero-order chi connectivity index (χ0) is 18.9. The second-order valence-electron chi connectivity index (χ2n) is 7.62. The van der Waals surface area contributed by atoms with Crippen molar-refractivity contribution in [1.29, 1.82) is 0 Å². The molecule has 0 radical (unpaired) electrons. The van der Waals surface area contributed by atoms with Gasteiger partial charge in [-0.2, -0.15) is 0 Å². The SMILES string of the molecule is CC(CCc1ccccc1)NC(=O)NCC(C1CCOC1)N1CCOCC1. The molecule has 2 amide bonds. The maximum atomic E-state index is 12.4. The minimum Gasteiger partial charge on any atom is -0.381 e. The molecule has 0 aromatic heterocycles. The molecule has 1 aromatic carbocycles. The number of nitrogens with zero attached hydrogens (tertiary/aromatic N) is 1. The first-order valence-corrected chi connectivity index (χ1v) is 10.2. The van der Waals surface area contributed by atoms with E-state index in [1.54, 1.807) is 0 Å². The first kappa shape index (κ1) is 20.1. The molecule has 3 unspecified atom stereocenters. The van der Waals surface area contributed by atoms with Crippen LogP contribution in [0.5, 0.6) is 0 Å². The van der Waals surface area contributed by atoms with Gasteiger partial charge in [-0.05, 0) is 31.7 Å². The molecule has 0 aliphatic carbocycles. The van der Waals surface area contributed by atoms with Crippen molar-refractivity contribution >= 4 is 6.03 Å². The summed E-state index contributed by atoms with van der Waals surface area (Å²) < 4.78 is 11.1. The van der Waals surface area contributed by atoms with Crippen molar-refractivity contribution in [1.82, 2.24) is 15.5 Å². The lowest BCUT2D eigenvalue weighted by Gasteiger charge is -2.37. The summed E-state index contributed by atoms with van der Waals surface area (Å²) in [5, 5.41) is 6.17. The Hall–Kier alpha value is -1.63. The van der Waals surface area contributed by atoms with Gasteiger partial charge in [0.2, 0.25) is 0 Å².